The number of nitrogens with one attached hydrogen (secondary N) is 1. The van der Waals surface area contributed by atoms with Crippen LogP contribution in [0.1, 0.15) is 0 Å². The Morgan fingerprint density at radius 1 is 1.14 bits per heavy atom. The van der Waals surface area contributed by atoms with Crippen molar-refractivity contribution in [1.82, 2.24) is 19.8 Å². The van der Waals surface area contributed by atoms with Crippen LogP contribution in [0, 0.1) is 0 Å². The minimum absolute atomic E-state index is 0.837. The third-order valence-corrected chi connectivity index (χ3v) is 2.16. The van der Waals surface area contributed by atoms with Crippen molar-refractivity contribution in [3.63, 3.8) is 0 Å². The van der Waals surface area contributed by atoms with Crippen molar-refractivity contribution in [2.75, 3.05) is 0 Å². The Bertz CT molecular complexity index is 521. The molecule has 1 N–H and O–H groups in total. The van der Waals surface area contributed by atoms with Crippen molar-refractivity contribution < 1.29 is 0 Å². The summed E-state index contributed by atoms with van der Waals surface area (Å²) in [7, 11) is 0. The van der Waals surface area contributed by atoms with Crippen molar-refractivity contribution >= 4 is 5.65 Å². The van der Waals surface area contributed by atoms with Gasteiger partial charge in [-0.1, -0.05) is 30.3 Å². The molecule has 3 aromatic rings. The van der Waals surface area contributed by atoms with Gasteiger partial charge in [0.15, 0.2) is 5.65 Å². The summed E-state index contributed by atoms with van der Waals surface area (Å²) in [5.41, 5.74) is 3.00. The number of H-pyrrole nitrogens is 1. The normalized spacial score (nSPS) is 10.9. The molecule has 3 rings (SSSR count). The molecule has 0 radical (unpaired) electrons. The molecule has 2 aromatic heterocycles. The van der Waals surface area contributed by atoms with Crippen molar-refractivity contribution in [2.24, 2.45) is 0 Å². The summed E-state index contributed by atoms with van der Waals surface area (Å²) < 4.78 is 1.66. The van der Waals surface area contributed by atoms with Crippen LogP contribution in [-0.2, 0) is 0 Å². The second-order valence-electron chi connectivity index (χ2n) is 3.07. The summed E-state index contributed by atoms with van der Waals surface area (Å²) in [6.45, 7) is 0. The number of hydrogen-bond acceptors (Lipinski definition) is 2. The highest BCUT2D eigenvalue weighted by Gasteiger charge is 2.02. The smallest absolute Gasteiger partial charge is 0.175 e. The molecule has 0 aliphatic carbocycles. The summed E-state index contributed by atoms with van der Waals surface area (Å²) in [4.78, 5) is 4.09. The van der Waals surface area contributed by atoms with Crippen LogP contribution in [0.15, 0.2) is 42.7 Å². The fraction of sp³-hybridized carbons (Fsp3) is 0. The molecule has 0 amide bonds. The molecule has 0 fully saturated rings. The zero-order chi connectivity index (χ0) is 9.38. The third-order valence-electron chi connectivity index (χ3n) is 2.16. The number of benzene rings is 1. The lowest BCUT2D eigenvalue weighted by Crippen LogP contribution is -1.85. The van der Waals surface area contributed by atoms with E-state index in [1.807, 2.05) is 36.4 Å². The fourth-order valence-electron chi connectivity index (χ4n) is 1.48. The summed E-state index contributed by atoms with van der Waals surface area (Å²) in [6, 6.07) is 12.1. The maximum atomic E-state index is 4.09. The third kappa shape index (κ3) is 1.01. The number of hydrogen-bond donors (Lipinski definition) is 1. The van der Waals surface area contributed by atoms with E-state index in [1.54, 1.807) is 4.63 Å². The maximum Gasteiger partial charge on any atom is 0.175 e. The first-order valence-corrected chi connectivity index (χ1v) is 4.38. The minimum atomic E-state index is 0.837. The van der Waals surface area contributed by atoms with Gasteiger partial charge in [-0.2, -0.15) is 4.63 Å². The van der Waals surface area contributed by atoms with E-state index in [0.29, 0.717) is 0 Å². The van der Waals surface area contributed by atoms with E-state index in [2.05, 4.69) is 15.2 Å². The highest BCUT2D eigenvalue weighted by Crippen LogP contribution is 2.17. The number of fused-ring (bicyclic) bond motifs is 1. The molecular formula is C10H8N4. The highest BCUT2D eigenvalue weighted by molar-refractivity contribution is 5.63. The van der Waals surface area contributed by atoms with Crippen LogP contribution in [0.4, 0.5) is 0 Å². The summed E-state index contributed by atoms with van der Waals surface area (Å²) in [5.74, 6) is 0. The Hall–Kier alpha value is -2.10. The Balaban J connectivity index is 2.19. The second kappa shape index (κ2) is 2.70. The van der Waals surface area contributed by atoms with Crippen LogP contribution in [0.3, 0.4) is 0 Å². The molecule has 14 heavy (non-hydrogen) atoms. The van der Waals surface area contributed by atoms with E-state index in [0.717, 1.165) is 16.9 Å². The van der Waals surface area contributed by atoms with Crippen LogP contribution in [0.5, 0.6) is 0 Å². The Morgan fingerprint density at radius 2 is 2.00 bits per heavy atom. The molecule has 68 valence electrons. The minimum Gasteiger partial charge on any atom is -0.276 e. The van der Waals surface area contributed by atoms with Gasteiger partial charge in [-0.15, -0.1) is 5.10 Å². The Kier molecular flexibility index (Phi) is 1.41. The summed E-state index contributed by atoms with van der Waals surface area (Å²) >= 11 is 0. The lowest BCUT2D eigenvalue weighted by atomic mass is 10.2. The van der Waals surface area contributed by atoms with Crippen molar-refractivity contribution in [2.45, 2.75) is 0 Å². The van der Waals surface area contributed by atoms with Gasteiger partial charge < -0.3 is 0 Å². The van der Waals surface area contributed by atoms with Crippen molar-refractivity contribution in [3.8, 4) is 11.3 Å². The zero-order valence-electron chi connectivity index (χ0n) is 7.38. The lowest BCUT2D eigenvalue weighted by molar-refractivity contribution is 0.825. The average molecular weight is 184 g/mol. The molecule has 0 aliphatic heterocycles. The molecule has 0 spiro atoms. The standard InChI is InChI=1S/C10H8N4/c1-2-4-8(5-3-1)9-6-10-11-7-12-14(10)13-9/h1-7,13H. The highest BCUT2D eigenvalue weighted by atomic mass is 15.4. The van der Waals surface area contributed by atoms with E-state index < -0.39 is 0 Å². The van der Waals surface area contributed by atoms with Gasteiger partial charge >= 0.3 is 0 Å². The average Bonchev–Trinajstić information content (AvgIpc) is 2.78. The van der Waals surface area contributed by atoms with Gasteiger partial charge in [0.25, 0.3) is 0 Å². The van der Waals surface area contributed by atoms with Gasteiger partial charge in [0, 0.05) is 6.07 Å². The Morgan fingerprint density at radius 3 is 2.79 bits per heavy atom. The summed E-state index contributed by atoms with van der Waals surface area (Å²) in [6.07, 6.45) is 1.53. The van der Waals surface area contributed by atoms with Crippen molar-refractivity contribution in [1.29, 1.82) is 0 Å². The molecule has 4 heteroatoms. The molecule has 0 atom stereocenters. The number of aromatic nitrogens is 4. The van der Waals surface area contributed by atoms with Crippen LogP contribution in [-0.4, -0.2) is 19.8 Å². The predicted octanol–water partition coefficient (Wildman–Crippen LogP) is 1.72. The predicted molar refractivity (Wildman–Crippen MR) is 52.8 cm³/mol. The van der Waals surface area contributed by atoms with E-state index >= 15 is 0 Å². The molecule has 0 unspecified atom stereocenters. The molecule has 1 aromatic carbocycles. The van der Waals surface area contributed by atoms with Crippen LogP contribution in [0.25, 0.3) is 16.9 Å². The lowest BCUT2D eigenvalue weighted by Gasteiger charge is -1.94. The largest absolute Gasteiger partial charge is 0.276 e. The first-order valence-electron chi connectivity index (χ1n) is 4.38. The van der Waals surface area contributed by atoms with Gasteiger partial charge in [0.05, 0.1) is 5.69 Å². The van der Waals surface area contributed by atoms with Crippen LogP contribution < -0.4 is 0 Å². The van der Waals surface area contributed by atoms with E-state index in [1.165, 1.54) is 6.33 Å². The number of rotatable bonds is 1. The van der Waals surface area contributed by atoms with Gasteiger partial charge in [-0.05, 0) is 5.56 Å². The zero-order valence-corrected chi connectivity index (χ0v) is 7.38. The molecular weight excluding hydrogens is 176 g/mol. The maximum absolute atomic E-state index is 4.09. The number of aromatic amines is 1. The molecule has 0 bridgehead atoms. The molecule has 4 nitrogen and oxygen atoms in total. The molecule has 2 heterocycles. The SMILES string of the molecule is c1ccc(-c2cc3ncnn3[nH]2)cc1. The molecule has 0 saturated heterocycles. The summed E-state index contributed by atoms with van der Waals surface area (Å²) in [5, 5.41) is 7.15. The van der Waals surface area contributed by atoms with Gasteiger partial charge in [-0.25, -0.2) is 4.98 Å². The van der Waals surface area contributed by atoms with E-state index in [-0.39, 0.29) is 0 Å². The van der Waals surface area contributed by atoms with Crippen LogP contribution >= 0.6 is 0 Å². The van der Waals surface area contributed by atoms with E-state index in [4.69, 9.17) is 0 Å². The monoisotopic (exact) mass is 184 g/mol. The van der Waals surface area contributed by atoms with Gasteiger partial charge in [0.1, 0.15) is 6.33 Å². The van der Waals surface area contributed by atoms with Gasteiger partial charge in [-0.3, -0.25) is 5.10 Å². The quantitative estimate of drug-likeness (QED) is 0.626. The molecule has 0 saturated carbocycles. The fourth-order valence-corrected chi connectivity index (χ4v) is 1.48. The topological polar surface area (TPSA) is 46.0 Å². The van der Waals surface area contributed by atoms with Crippen LogP contribution in [0.2, 0.25) is 0 Å². The first-order chi connectivity index (χ1) is 6.93. The van der Waals surface area contributed by atoms with E-state index in [9.17, 15) is 0 Å². The Labute approximate surface area is 80.2 Å². The van der Waals surface area contributed by atoms with Gasteiger partial charge in [0.2, 0.25) is 0 Å². The molecule has 0 aliphatic rings. The second-order valence-corrected chi connectivity index (χ2v) is 3.07. The first kappa shape index (κ1) is 7.32. The number of nitrogens with zero attached hydrogens (tertiary/aromatic N) is 3. The van der Waals surface area contributed by atoms with Crippen molar-refractivity contribution in [3.05, 3.63) is 42.7 Å².